The van der Waals surface area contributed by atoms with Crippen molar-refractivity contribution in [1.29, 1.82) is 0 Å². The molecular weight excluding hydrogens is 266 g/mol. The van der Waals surface area contributed by atoms with Gasteiger partial charge in [0.25, 0.3) is 5.91 Å². The molecule has 0 saturated carbocycles. The van der Waals surface area contributed by atoms with Gasteiger partial charge in [0.05, 0.1) is 7.11 Å². The molecule has 0 unspecified atom stereocenters. The Balaban J connectivity index is 2.31. The van der Waals surface area contributed by atoms with Crippen LogP contribution in [0.5, 0.6) is 11.5 Å². The minimum absolute atomic E-state index is 0.0571. The van der Waals surface area contributed by atoms with Gasteiger partial charge in [0, 0.05) is 13.0 Å². The highest BCUT2D eigenvalue weighted by Gasteiger charge is 2.13. The smallest absolute Gasteiger partial charge is 0.332 e. The molecule has 0 radical (unpaired) electrons. The van der Waals surface area contributed by atoms with E-state index < -0.39 is 18.0 Å². The summed E-state index contributed by atoms with van der Waals surface area (Å²) in [6.45, 7) is -0.162. The van der Waals surface area contributed by atoms with E-state index in [0.29, 0.717) is 11.5 Å². The lowest BCUT2D eigenvalue weighted by atomic mass is 10.2. The number of hydrogen-bond donors (Lipinski definition) is 3. The maximum atomic E-state index is 11.5. The molecule has 0 aliphatic heterocycles. The maximum absolute atomic E-state index is 11.5. The third kappa shape index (κ3) is 5.15. The van der Waals surface area contributed by atoms with Crippen molar-refractivity contribution in [2.24, 2.45) is 0 Å². The van der Waals surface area contributed by atoms with E-state index in [0.717, 1.165) is 0 Å². The Hall–Kier alpha value is -2.28. The van der Waals surface area contributed by atoms with E-state index in [-0.39, 0.29) is 19.6 Å². The average Bonchev–Trinajstić information content (AvgIpc) is 2.45. The summed E-state index contributed by atoms with van der Waals surface area (Å²) in [7, 11) is 1.50. The van der Waals surface area contributed by atoms with Crippen LogP contribution < -0.4 is 14.8 Å². The molecule has 7 heteroatoms. The number of para-hydroxylation sites is 2. The van der Waals surface area contributed by atoms with Crippen LogP contribution in [0.4, 0.5) is 0 Å². The number of nitrogens with one attached hydrogen (secondary N) is 1. The van der Waals surface area contributed by atoms with E-state index in [4.69, 9.17) is 19.7 Å². The van der Waals surface area contributed by atoms with Crippen LogP contribution in [0, 0.1) is 0 Å². The molecule has 110 valence electrons. The molecule has 7 nitrogen and oxygen atoms in total. The Morgan fingerprint density at radius 2 is 1.95 bits per heavy atom. The van der Waals surface area contributed by atoms with Crippen molar-refractivity contribution in [3.05, 3.63) is 24.3 Å². The molecule has 0 bridgehead atoms. The number of methoxy groups -OCH3 is 1. The third-order valence-corrected chi connectivity index (χ3v) is 2.45. The summed E-state index contributed by atoms with van der Waals surface area (Å²) in [5.41, 5.74) is 0. The summed E-state index contributed by atoms with van der Waals surface area (Å²) in [6.07, 6.45) is -1.54. The number of benzene rings is 1. The van der Waals surface area contributed by atoms with E-state index in [1.165, 1.54) is 7.11 Å². The Bertz CT molecular complexity index is 462. The fourth-order valence-corrected chi connectivity index (χ4v) is 1.40. The lowest BCUT2D eigenvalue weighted by Gasteiger charge is -2.11. The van der Waals surface area contributed by atoms with Gasteiger partial charge < -0.3 is 25.0 Å². The van der Waals surface area contributed by atoms with Gasteiger partial charge in [-0.2, -0.15) is 0 Å². The highest BCUT2D eigenvalue weighted by Crippen LogP contribution is 2.25. The predicted octanol–water partition coefficient (Wildman–Crippen LogP) is 0.0258. The molecule has 3 N–H and O–H groups in total. The summed E-state index contributed by atoms with van der Waals surface area (Å²) in [5.74, 6) is -0.768. The SMILES string of the molecule is COc1ccccc1OCC(=O)NCC[C@H](O)C(=O)O. The molecule has 1 atom stereocenters. The molecule has 1 aromatic carbocycles. The Kier molecular flexibility index (Phi) is 6.31. The summed E-state index contributed by atoms with van der Waals surface area (Å²) < 4.78 is 10.3. The van der Waals surface area contributed by atoms with E-state index in [1.54, 1.807) is 24.3 Å². The number of rotatable bonds is 8. The Labute approximate surface area is 116 Å². The molecule has 1 rings (SSSR count). The highest BCUT2D eigenvalue weighted by atomic mass is 16.5. The lowest BCUT2D eigenvalue weighted by Crippen LogP contribution is -2.33. The zero-order valence-electron chi connectivity index (χ0n) is 11.0. The summed E-state index contributed by atoms with van der Waals surface area (Å²) >= 11 is 0. The number of amides is 1. The van der Waals surface area contributed by atoms with Gasteiger partial charge in [-0.15, -0.1) is 0 Å². The molecule has 20 heavy (non-hydrogen) atoms. The predicted molar refractivity (Wildman–Crippen MR) is 69.8 cm³/mol. The molecule has 0 aromatic heterocycles. The van der Waals surface area contributed by atoms with Gasteiger partial charge >= 0.3 is 5.97 Å². The van der Waals surface area contributed by atoms with Gasteiger partial charge in [-0.3, -0.25) is 4.79 Å². The zero-order chi connectivity index (χ0) is 15.0. The van der Waals surface area contributed by atoms with Gasteiger partial charge in [0.15, 0.2) is 24.2 Å². The van der Waals surface area contributed by atoms with Gasteiger partial charge in [-0.05, 0) is 12.1 Å². The van der Waals surface area contributed by atoms with Crippen LogP contribution in [0.3, 0.4) is 0 Å². The first-order valence-corrected chi connectivity index (χ1v) is 5.98. The molecular formula is C13H17NO6. The number of aliphatic carboxylic acids is 1. The van der Waals surface area contributed by atoms with Crippen molar-refractivity contribution in [2.45, 2.75) is 12.5 Å². The first-order valence-electron chi connectivity index (χ1n) is 5.98. The monoisotopic (exact) mass is 283 g/mol. The van der Waals surface area contributed by atoms with Crippen LogP contribution in [0.25, 0.3) is 0 Å². The van der Waals surface area contributed by atoms with Gasteiger partial charge in [-0.25, -0.2) is 4.79 Å². The van der Waals surface area contributed by atoms with Crippen LogP contribution in [-0.2, 0) is 9.59 Å². The van der Waals surface area contributed by atoms with Gasteiger partial charge in [0.1, 0.15) is 0 Å². The quantitative estimate of drug-likeness (QED) is 0.621. The largest absolute Gasteiger partial charge is 0.493 e. The van der Waals surface area contributed by atoms with E-state index in [1.807, 2.05) is 0 Å². The number of carbonyl (C=O) groups is 2. The molecule has 0 aliphatic rings. The van der Waals surface area contributed by atoms with Crippen molar-refractivity contribution < 1.29 is 29.3 Å². The average molecular weight is 283 g/mol. The molecule has 0 spiro atoms. The van der Waals surface area contributed by atoms with Crippen molar-refractivity contribution in [1.82, 2.24) is 5.32 Å². The topological polar surface area (TPSA) is 105 Å². The van der Waals surface area contributed by atoms with Crippen LogP contribution in [-0.4, -0.2) is 48.5 Å². The van der Waals surface area contributed by atoms with Crippen molar-refractivity contribution in [3.8, 4) is 11.5 Å². The van der Waals surface area contributed by atoms with Crippen LogP contribution in [0.15, 0.2) is 24.3 Å². The number of aliphatic hydroxyl groups excluding tert-OH is 1. The summed E-state index contributed by atoms with van der Waals surface area (Å²) in [6, 6.07) is 6.90. The van der Waals surface area contributed by atoms with Crippen molar-refractivity contribution in [2.75, 3.05) is 20.3 Å². The molecule has 0 aliphatic carbocycles. The fourth-order valence-electron chi connectivity index (χ4n) is 1.40. The number of carboxylic acid groups (broad SMARTS) is 1. The van der Waals surface area contributed by atoms with E-state index >= 15 is 0 Å². The second-order valence-corrected chi connectivity index (χ2v) is 3.93. The first-order chi connectivity index (χ1) is 9.54. The van der Waals surface area contributed by atoms with E-state index in [9.17, 15) is 9.59 Å². The Morgan fingerprint density at radius 3 is 2.55 bits per heavy atom. The van der Waals surface area contributed by atoms with Crippen LogP contribution in [0.2, 0.25) is 0 Å². The highest BCUT2D eigenvalue weighted by molar-refractivity contribution is 5.77. The molecule has 1 aromatic rings. The number of ether oxygens (including phenoxy) is 2. The summed E-state index contributed by atoms with van der Waals surface area (Å²) in [5, 5.41) is 19.9. The molecule has 0 saturated heterocycles. The summed E-state index contributed by atoms with van der Waals surface area (Å²) in [4.78, 5) is 21.8. The van der Waals surface area contributed by atoms with Gasteiger partial charge in [-0.1, -0.05) is 12.1 Å². The molecule has 1 amide bonds. The normalized spacial score (nSPS) is 11.5. The number of hydrogen-bond acceptors (Lipinski definition) is 5. The maximum Gasteiger partial charge on any atom is 0.332 e. The third-order valence-electron chi connectivity index (χ3n) is 2.45. The number of carboxylic acids is 1. The van der Waals surface area contributed by atoms with Crippen LogP contribution >= 0.6 is 0 Å². The first kappa shape index (κ1) is 15.8. The second-order valence-electron chi connectivity index (χ2n) is 3.93. The van der Waals surface area contributed by atoms with Crippen molar-refractivity contribution >= 4 is 11.9 Å². The Morgan fingerprint density at radius 1 is 1.30 bits per heavy atom. The second kappa shape index (κ2) is 8.00. The van der Waals surface area contributed by atoms with Crippen LogP contribution in [0.1, 0.15) is 6.42 Å². The zero-order valence-corrected chi connectivity index (χ0v) is 11.0. The number of carbonyl (C=O) groups excluding carboxylic acids is 1. The molecule has 0 heterocycles. The minimum atomic E-state index is -1.48. The standard InChI is InChI=1S/C13H17NO6/c1-19-10-4-2-3-5-11(10)20-8-12(16)14-7-6-9(15)13(17)18/h2-5,9,15H,6-8H2,1H3,(H,14,16)(H,17,18)/t9-/m0/s1. The molecule has 0 fully saturated rings. The minimum Gasteiger partial charge on any atom is -0.493 e. The number of aliphatic hydroxyl groups is 1. The lowest BCUT2D eigenvalue weighted by molar-refractivity contribution is -0.147. The van der Waals surface area contributed by atoms with E-state index in [2.05, 4.69) is 5.32 Å². The fraction of sp³-hybridized carbons (Fsp3) is 0.385. The van der Waals surface area contributed by atoms with Gasteiger partial charge in [0.2, 0.25) is 0 Å². The van der Waals surface area contributed by atoms with Crippen molar-refractivity contribution in [3.63, 3.8) is 0 Å².